The molecule has 2 heterocycles. The van der Waals surface area contributed by atoms with E-state index < -0.39 is 0 Å². The van der Waals surface area contributed by atoms with Gasteiger partial charge in [0, 0.05) is 24.0 Å². The quantitative estimate of drug-likeness (QED) is 0.743. The summed E-state index contributed by atoms with van der Waals surface area (Å²) in [7, 11) is 0. The van der Waals surface area contributed by atoms with Crippen molar-refractivity contribution >= 4 is 12.2 Å². The van der Waals surface area contributed by atoms with E-state index in [2.05, 4.69) is 34.7 Å². The average Bonchev–Trinajstić information content (AvgIpc) is 2.45. The van der Waals surface area contributed by atoms with Crippen LogP contribution in [0.1, 0.15) is 38.8 Å². The van der Waals surface area contributed by atoms with Gasteiger partial charge in [-0.25, -0.2) is 4.68 Å². The summed E-state index contributed by atoms with van der Waals surface area (Å²) in [5, 5.41) is 2.40. The van der Waals surface area contributed by atoms with Crippen LogP contribution in [0.3, 0.4) is 0 Å². The van der Waals surface area contributed by atoms with Crippen LogP contribution in [-0.4, -0.2) is 21.7 Å². The molecular weight excluding hydrogens is 206 g/mol. The predicted octanol–water partition coefficient (Wildman–Crippen LogP) is 2.75. The molecule has 1 aliphatic heterocycles. The molecule has 0 bridgehead atoms. The third kappa shape index (κ3) is 1.95. The van der Waals surface area contributed by atoms with Crippen molar-refractivity contribution in [3.05, 3.63) is 16.7 Å². The molecule has 0 aliphatic carbocycles. The minimum atomic E-state index is 0.579. The fourth-order valence-electron chi connectivity index (χ4n) is 2.50. The lowest BCUT2D eigenvalue weighted by atomic mass is 10.00. The number of aryl methyl sites for hydroxylation is 1. The van der Waals surface area contributed by atoms with Gasteiger partial charge in [0.1, 0.15) is 0 Å². The van der Waals surface area contributed by atoms with Crippen LogP contribution in [0.2, 0.25) is 0 Å². The second kappa shape index (κ2) is 4.00. The highest BCUT2D eigenvalue weighted by atomic mass is 32.1. The number of aromatic amines is 1. The Hall–Kier alpha value is -0.770. The molecule has 1 aliphatic rings. The Kier molecular flexibility index (Phi) is 2.87. The van der Waals surface area contributed by atoms with Gasteiger partial charge in [-0.3, -0.25) is 0 Å². The molecule has 0 saturated carbocycles. The van der Waals surface area contributed by atoms with Gasteiger partial charge in [-0.05, 0) is 52.3 Å². The van der Waals surface area contributed by atoms with E-state index >= 15 is 0 Å². The topological polar surface area (TPSA) is 24.0 Å². The lowest BCUT2D eigenvalue weighted by Crippen LogP contribution is -2.50. The molecule has 1 saturated heterocycles. The molecule has 0 amide bonds. The molecule has 0 aromatic carbocycles. The van der Waals surface area contributed by atoms with Gasteiger partial charge in [0.25, 0.3) is 0 Å². The Morgan fingerprint density at radius 3 is 2.40 bits per heavy atom. The smallest absolute Gasteiger partial charge is 0.196 e. The van der Waals surface area contributed by atoms with Gasteiger partial charge >= 0.3 is 0 Å². The maximum atomic E-state index is 5.33. The Morgan fingerprint density at radius 2 is 1.93 bits per heavy atom. The van der Waals surface area contributed by atoms with E-state index in [1.807, 2.05) is 6.92 Å². The van der Waals surface area contributed by atoms with Crippen LogP contribution < -0.4 is 5.01 Å². The standard InChI is InChI=1S/C11H19N3S/c1-8-7-13(11(15)12-8)14-9(2)5-4-6-10(14)3/h7,9-10H,4-6H2,1-3H3,(H,12,15). The maximum Gasteiger partial charge on any atom is 0.196 e. The van der Waals surface area contributed by atoms with E-state index in [0.717, 1.165) is 10.5 Å². The normalized spacial score (nSPS) is 27.0. The number of aromatic nitrogens is 2. The first-order chi connectivity index (χ1) is 7.09. The fraction of sp³-hybridized carbons (Fsp3) is 0.727. The second-order valence-corrected chi connectivity index (χ2v) is 4.98. The van der Waals surface area contributed by atoms with Gasteiger partial charge in [-0.2, -0.15) is 0 Å². The highest BCUT2D eigenvalue weighted by Crippen LogP contribution is 2.21. The number of hydrogen-bond acceptors (Lipinski definition) is 2. The summed E-state index contributed by atoms with van der Waals surface area (Å²) in [5.74, 6) is 0. The van der Waals surface area contributed by atoms with E-state index in [1.54, 1.807) is 0 Å². The highest BCUT2D eigenvalue weighted by Gasteiger charge is 2.25. The van der Waals surface area contributed by atoms with Crippen molar-refractivity contribution in [2.75, 3.05) is 5.01 Å². The van der Waals surface area contributed by atoms with Crippen molar-refractivity contribution < 1.29 is 0 Å². The van der Waals surface area contributed by atoms with Gasteiger partial charge in [0.05, 0.1) is 0 Å². The van der Waals surface area contributed by atoms with E-state index in [0.29, 0.717) is 12.1 Å². The molecule has 0 spiro atoms. The summed E-state index contributed by atoms with van der Waals surface area (Å²) >= 11 is 5.33. The average molecular weight is 225 g/mol. The van der Waals surface area contributed by atoms with Crippen LogP contribution in [0.5, 0.6) is 0 Å². The highest BCUT2D eigenvalue weighted by molar-refractivity contribution is 7.71. The molecule has 1 aromatic rings. The zero-order valence-electron chi connectivity index (χ0n) is 9.66. The Bertz CT molecular complexity index is 383. The lowest BCUT2D eigenvalue weighted by molar-refractivity contribution is 0.334. The van der Waals surface area contributed by atoms with Gasteiger partial charge < -0.3 is 9.99 Å². The first kappa shape index (κ1) is 10.7. The molecule has 3 nitrogen and oxygen atoms in total. The summed E-state index contributed by atoms with van der Waals surface area (Å²) in [5.41, 5.74) is 1.13. The van der Waals surface area contributed by atoms with Crippen molar-refractivity contribution in [3.63, 3.8) is 0 Å². The molecule has 4 heteroatoms. The molecule has 1 fully saturated rings. The summed E-state index contributed by atoms with van der Waals surface area (Å²) in [4.78, 5) is 3.18. The number of piperidine rings is 1. The lowest BCUT2D eigenvalue weighted by Gasteiger charge is -2.40. The largest absolute Gasteiger partial charge is 0.333 e. The minimum Gasteiger partial charge on any atom is -0.333 e. The van der Waals surface area contributed by atoms with Crippen LogP contribution >= 0.6 is 12.2 Å². The fourth-order valence-corrected chi connectivity index (χ4v) is 2.81. The number of nitrogens with one attached hydrogen (secondary N) is 1. The number of H-pyrrole nitrogens is 1. The molecule has 2 atom stereocenters. The van der Waals surface area contributed by atoms with Crippen LogP contribution in [0.15, 0.2) is 6.20 Å². The van der Waals surface area contributed by atoms with Gasteiger partial charge in [0.15, 0.2) is 4.77 Å². The van der Waals surface area contributed by atoms with Crippen LogP contribution in [0, 0.1) is 11.7 Å². The van der Waals surface area contributed by atoms with Crippen LogP contribution in [0.25, 0.3) is 0 Å². The molecule has 2 rings (SSSR count). The molecule has 84 valence electrons. The van der Waals surface area contributed by atoms with Crippen molar-refractivity contribution in [3.8, 4) is 0 Å². The summed E-state index contributed by atoms with van der Waals surface area (Å²) in [6, 6.07) is 1.16. The van der Waals surface area contributed by atoms with E-state index in [4.69, 9.17) is 12.2 Å². The zero-order chi connectivity index (χ0) is 11.0. The first-order valence-corrected chi connectivity index (χ1v) is 6.07. The van der Waals surface area contributed by atoms with Crippen LogP contribution in [-0.2, 0) is 0 Å². The Morgan fingerprint density at radius 1 is 1.33 bits per heavy atom. The van der Waals surface area contributed by atoms with E-state index in [9.17, 15) is 0 Å². The van der Waals surface area contributed by atoms with Gasteiger partial charge in [-0.15, -0.1) is 0 Å². The molecule has 2 unspecified atom stereocenters. The number of nitrogens with zero attached hydrogens (tertiary/aromatic N) is 2. The third-order valence-corrected chi connectivity index (χ3v) is 3.51. The Balaban J connectivity index is 2.35. The van der Waals surface area contributed by atoms with Crippen molar-refractivity contribution in [2.24, 2.45) is 0 Å². The Labute approximate surface area is 96.1 Å². The van der Waals surface area contributed by atoms with Crippen molar-refractivity contribution in [1.82, 2.24) is 9.66 Å². The first-order valence-electron chi connectivity index (χ1n) is 5.66. The third-order valence-electron chi connectivity index (χ3n) is 3.22. The van der Waals surface area contributed by atoms with E-state index in [1.165, 1.54) is 19.3 Å². The zero-order valence-corrected chi connectivity index (χ0v) is 10.5. The number of imidazole rings is 1. The molecule has 0 radical (unpaired) electrons. The van der Waals surface area contributed by atoms with Gasteiger partial charge in [0.2, 0.25) is 0 Å². The molecule has 1 N–H and O–H groups in total. The summed E-state index contributed by atoms with van der Waals surface area (Å²) in [6.07, 6.45) is 5.95. The predicted molar refractivity (Wildman–Crippen MR) is 65.3 cm³/mol. The van der Waals surface area contributed by atoms with Crippen molar-refractivity contribution in [1.29, 1.82) is 0 Å². The molecule has 15 heavy (non-hydrogen) atoms. The monoisotopic (exact) mass is 225 g/mol. The number of rotatable bonds is 1. The summed E-state index contributed by atoms with van der Waals surface area (Å²) < 4.78 is 2.92. The maximum absolute atomic E-state index is 5.33. The summed E-state index contributed by atoms with van der Waals surface area (Å²) in [6.45, 7) is 6.60. The molecule has 1 aromatic heterocycles. The molecular formula is C11H19N3S. The minimum absolute atomic E-state index is 0.579. The van der Waals surface area contributed by atoms with Crippen LogP contribution in [0.4, 0.5) is 0 Å². The number of hydrogen-bond donors (Lipinski definition) is 1. The van der Waals surface area contributed by atoms with E-state index in [-0.39, 0.29) is 0 Å². The SMILES string of the molecule is Cc1cn(N2C(C)CCCC2C)c(=S)[nH]1. The van der Waals surface area contributed by atoms with Gasteiger partial charge in [-0.1, -0.05) is 0 Å². The van der Waals surface area contributed by atoms with Crippen molar-refractivity contribution in [2.45, 2.75) is 52.1 Å². The second-order valence-electron chi connectivity index (χ2n) is 4.60.